The minimum atomic E-state index is 0.127. The molecule has 0 saturated carbocycles. The molecule has 1 aliphatic heterocycles. The van der Waals surface area contributed by atoms with E-state index in [0.717, 1.165) is 48.1 Å². The van der Waals surface area contributed by atoms with Gasteiger partial charge in [-0.05, 0) is 37.4 Å². The Labute approximate surface area is 153 Å². The van der Waals surface area contributed by atoms with E-state index in [1.807, 2.05) is 60.5 Å². The second-order valence-corrected chi connectivity index (χ2v) is 6.73. The number of benzene rings is 2. The summed E-state index contributed by atoms with van der Waals surface area (Å²) in [6.07, 6.45) is 2.01. The third-order valence-corrected chi connectivity index (χ3v) is 5.21. The van der Waals surface area contributed by atoms with Crippen molar-refractivity contribution < 1.29 is 9.53 Å². The van der Waals surface area contributed by atoms with E-state index in [1.165, 1.54) is 0 Å². The summed E-state index contributed by atoms with van der Waals surface area (Å²) in [7, 11) is 0. The van der Waals surface area contributed by atoms with Gasteiger partial charge in [0.25, 0.3) is 5.91 Å². The zero-order valence-electron chi connectivity index (χ0n) is 14.8. The summed E-state index contributed by atoms with van der Waals surface area (Å²) in [4.78, 5) is 18.2. The first-order valence-corrected chi connectivity index (χ1v) is 9.86. The highest BCUT2D eigenvalue weighted by Gasteiger charge is 2.24. The quantitative estimate of drug-likeness (QED) is 0.764. The molecule has 25 heavy (non-hydrogen) atoms. The van der Waals surface area contributed by atoms with E-state index in [4.69, 9.17) is 4.74 Å². The molecule has 0 N–H and O–H groups in total. The van der Waals surface area contributed by atoms with Crippen LogP contribution in [0.15, 0.2) is 53.4 Å². The zero-order chi connectivity index (χ0) is 17.6. The van der Waals surface area contributed by atoms with Gasteiger partial charge in [0.15, 0.2) is 0 Å². The van der Waals surface area contributed by atoms with Crippen molar-refractivity contribution in [3.8, 4) is 5.75 Å². The minimum Gasteiger partial charge on any atom is -0.492 e. The first-order chi connectivity index (χ1) is 12.2. The van der Waals surface area contributed by atoms with Gasteiger partial charge in [0, 0.05) is 31.1 Å². The van der Waals surface area contributed by atoms with Gasteiger partial charge in [0.2, 0.25) is 0 Å². The average Bonchev–Trinajstić information content (AvgIpc) is 2.68. The van der Waals surface area contributed by atoms with E-state index in [9.17, 15) is 4.79 Å². The Morgan fingerprint density at radius 2 is 1.72 bits per heavy atom. The molecular formula is C20H24N2O2S. The summed E-state index contributed by atoms with van der Waals surface area (Å²) >= 11 is 1.62. The highest BCUT2D eigenvalue weighted by atomic mass is 32.2. The van der Waals surface area contributed by atoms with Crippen LogP contribution >= 0.6 is 11.8 Å². The lowest BCUT2D eigenvalue weighted by Crippen LogP contribution is -2.49. The number of piperazine rings is 1. The molecule has 0 bridgehead atoms. The number of hydrogen-bond acceptors (Lipinski definition) is 4. The van der Waals surface area contributed by atoms with E-state index in [2.05, 4.69) is 11.0 Å². The molecule has 132 valence electrons. The summed E-state index contributed by atoms with van der Waals surface area (Å²) in [5.74, 6) is 1.04. The Morgan fingerprint density at radius 1 is 1.04 bits per heavy atom. The van der Waals surface area contributed by atoms with Crippen molar-refractivity contribution in [1.82, 2.24) is 4.90 Å². The first-order valence-electron chi connectivity index (χ1n) is 8.63. The van der Waals surface area contributed by atoms with Crippen LogP contribution in [0.1, 0.15) is 17.3 Å². The normalized spacial score (nSPS) is 14.5. The molecule has 1 saturated heterocycles. The molecule has 1 aliphatic rings. The predicted molar refractivity (Wildman–Crippen MR) is 104 cm³/mol. The van der Waals surface area contributed by atoms with Gasteiger partial charge in [-0.3, -0.25) is 4.79 Å². The van der Waals surface area contributed by atoms with Gasteiger partial charge in [0.1, 0.15) is 5.75 Å². The van der Waals surface area contributed by atoms with Crippen LogP contribution in [0.3, 0.4) is 0 Å². The molecule has 0 radical (unpaired) electrons. The first kappa shape index (κ1) is 17.7. The number of carbonyl (C=O) groups excluding carboxylic acids is 1. The molecule has 1 amide bonds. The molecule has 0 aromatic heterocycles. The van der Waals surface area contributed by atoms with Gasteiger partial charge in [0.05, 0.1) is 17.9 Å². The maximum absolute atomic E-state index is 12.9. The number of amides is 1. The molecule has 2 aromatic carbocycles. The smallest absolute Gasteiger partial charge is 0.255 e. The molecule has 0 unspecified atom stereocenters. The van der Waals surface area contributed by atoms with E-state index in [-0.39, 0.29) is 5.91 Å². The van der Waals surface area contributed by atoms with E-state index < -0.39 is 0 Å². The van der Waals surface area contributed by atoms with Crippen LogP contribution in [-0.4, -0.2) is 49.8 Å². The number of carbonyl (C=O) groups is 1. The molecule has 1 heterocycles. The molecule has 0 spiro atoms. The molecule has 1 fully saturated rings. The summed E-state index contributed by atoms with van der Waals surface area (Å²) < 4.78 is 5.74. The van der Waals surface area contributed by atoms with Crippen LogP contribution in [-0.2, 0) is 0 Å². The van der Waals surface area contributed by atoms with Crippen molar-refractivity contribution in [2.45, 2.75) is 11.8 Å². The molecular weight excluding hydrogens is 332 g/mol. The maximum Gasteiger partial charge on any atom is 0.255 e. The number of nitrogens with zero attached hydrogens (tertiary/aromatic N) is 2. The van der Waals surface area contributed by atoms with Gasteiger partial charge in [-0.2, -0.15) is 0 Å². The summed E-state index contributed by atoms with van der Waals surface area (Å²) in [6, 6.07) is 16.0. The van der Waals surface area contributed by atoms with Crippen LogP contribution in [0.2, 0.25) is 0 Å². The van der Waals surface area contributed by atoms with Gasteiger partial charge in [-0.15, -0.1) is 11.8 Å². The maximum atomic E-state index is 12.9. The third-order valence-electron chi connectivity index (χ3n) is 4.41. The predicted octanol–water partition coefficient (Wildman–Crippen LogP) is 3.77. The second-order valence-electron chi connectivity index (χ2n) is 5.88. The van der Waals surface area contributed by atoms with Crippen molar-refractivity contribution in [2.75, 3.05) is 43.9 Å². The van der Waals surface area contributed by atoms with Crippen molar-refractivity contribution in [2.24, 2.45) is 0 Å². The number of anilines is 1. The van der Waals surface area contributed by atoms with Crippen molar-refractivity contribution in [3.63, 3.8) is 0 Å². The standard InChI is InChI=1S/C20H24N2O2S/c1-3-24-18-10-6-5-9-17(18)21-12-14-22(15-13-21)20(23)16-8-4-7-11-19(16)25-2/h4-11H,3,12-15H2,1-2H3. The molecule has 4 nitrogen and oxygen atoms in total. The summed E-state index contributed by atoms with van der Waals surface area (Å²) in [5, 5.41) is 0. The Bertz CT molecular complexity index is 727. The third kappa shape index (κ3) is 3.93. The SMILES string of the molecule is CCOc1ccccc1N1CCN(C(=O)c2ccccc2SC)CC1. The molecule has 3 rings (SSSR count). The van der Waals surface area contributed by atoms with Gasteiger partial charge in [-0.1, -0.05) is 24.3 Å². The van der Waals surface area contributed by atoms with Crippen LogP contribution in [0.25, 0.3) is 0 Å². The molecule has 5 heteroatoms. The highest BCUT2D eigenvalue weighted by Crippen LogP contribution is 2.29. The topological polar surface area (TPSA) is 32.8 Å². The number of thioether (sulfide) groups is 1. The summed E-state index contributed by atoms with van der Waals surface area (Å²) in [6.45, 7) is 5.73. The largest absolute Gasteiger partial charge is 0.492 e. The number of para-hydroxylation sites is 2. The van der Waals surface area contributed by atoms with E-state index in [0.29, 0.717) is 6.61 Å². The Balaban J connectivity index is 1.69. The fourth-order valence-electron chi connectivity index (χ4n) is 3.14. The van der Waals surface area contributed by atoms with Crippen molar-refractivity contribution >= 4 is 23.4 Å². The monoisotopic (exact) mass is 356 g/mol. The van der Waals surface area contributed by atoms with Crippen LogP contribution in [0.4, 0.5) is 5.69 Å². The van der Waals surface area contributed by atoms with Gasteiger partial charge in [-0.25, -0.2) is 0 Å². The van der Waals surface area contributed by atoms with Crippen LogP contribution in [0.5, 0.6) is 5.75 Å². The van der Waals surface area contributed by atoms with Crippen molar-refractivity contribution in [1.29, 1.82) is 0 Å². The number of rotatable bonds is 5. The Hall–Kier alpha value is -2.14. The second kappa shape index (κ2) is 8.30. The average molecular weight is 356 g/mol. The van der Waals surface area contributed by atoms with E-state index in [1.54, 1.807) is 11.8 Å². The van der Waals surface area contributed by atoms with E-state index >= 15 is 0 Å². The highest BCUT2D eigenvalue weighted by molar-refractivity contribution is 7.98. The molecule has 2 aromatic rings. The molecule has 0 aliphatic carbocycles. The van der Waals surface area contributed by atoms with Gasteiger partial charge < -0.3 is 14.5 Å². The number of ether oxygens (including phenoxy) is 1. The zero-order valence-corrected chi connectivity index (χ0v) is 15.6. The van der Waals surface area contributed by atoms with Crippen molar-refractivity contribution in [3.05, 3.63) is 54.1 Å². The lowest BCUT2D eigenvalue weighted by atomic mass is 10.1. The lowest BCUT2D eigenvalue weighted by molar-refractivity contribution is 0.0743. The van der Waals surface area contributed by atoms with Crippen LogP contribution < -0.4 is 9.64 Å². The number of hydrogen-bond donors (Lipinski definition) is 0. The Kier molecular flexibility index (Phi) is 5.87. The summed E-state index contributed by atoms with van der Waals surface area (Å²) in [5.41, 5.74) is 1.92. The van der Waals surface area contributed by atoms with Crippen LogP contribution in [0, 0.1) is 0 Å². The van der Waals surface area contributed by atoms with Gasteiger partial charge >= 0.3 is 0 Å². The lowest BCUT2D eigenvalue weighted by Gasteiger charge is -2.37. The molecule has 0 atom stereocenters. The fourth-order valence-corrected chi connectivity index (χ4v) is 3.73. The minimum absolute atomic E-state index is 0.127. The Morgan fingerprint density at radius 3 is 2.44 bits per heavy atom. The fraction of sp³-hybridized carbons (Fsp3) is 0.350.